The summed E-state index contributed by atoms with van der Waals surface area (Å²) in [7, 11) is -6.12. The Morgan fingerprint density at radius 2 is 1.02 bits per heavy atom. The Kier molecular flexibility index (Phi) is 8.66. The number of para-hydroxylation sites is 2. The number of alkyl halides is 3. The van der Waals surface area contributed by atoms with Gasteiger partial charge in [0.2, 0.25) is 0 Å². The molecule has 1 heterocycles. The van der Waals surface area contributed by atoms with E-state index in [1.54, 1.807) is 0 Å². The van der Waals surface area contributed by atoms with Gasteiger partial charge in [-0.1, -0.05) is 155 Å². The number of anilines is 3. The zero-order valence-electron chi connectivity index (χ0n) is 35.4. The van der Waals surface area contributed by atoms with Gasteiger partial charge in [0, 0.05) is 49.8 Å². The van der Waals surface area contributed by atoms with Crippen LogP contribution in [0.1, 0.15) is 49.9 Å². The molecule has 0 saturated carbocycles. The summed E-state index contributed by atoms with van der Waals surface area (Å²) >= 11 is 0. The Bertz CT molecular complexity index is 3380. The molecule has 5 nitrogen and oxygen atoms in total. The first-order valence-electron chi connectivity index (χ1n) is 21.2. The third kappa shape index (κ3) is 5.73. The van der Waals surface area contributed by atoms with E-state index >= 15 is 0 Å². The quantitative estimate of drug-likeness (QED) is 0.118. The first-order chi connectivity index (χ1) is 30.7. The lowest BCUT2D eigenvalue weighted by Gasteiger charge is -2.37. The topological polar surface area (TPSA) is 51.5 Å². The highest BCUT2D eigenvalue weighted by molar-refractivity contribution is 7.88. The Labute approximate surface area is 369 Å². The zero-order valence-corrected chi connectivity index (χ0v) is 36.2. The van der Waals surface area contributed by atoms with Crippen LogP contribution < -0.4 is 9.08 Å². The van der Waals surface area contributed by atoms with Gasteiger partial charge in [0.05, 0.1) is 16.7 Å². The van der Waals surface area contributed by atoms with E-state index in [9.17, 15) is 21.6 Å². The molecular weight excluding hydrogens is 826 g/mol. The molecule has 316 valence electrons. The first-order valence-corrected chi connectivity index (χ1v) is 22.6. The van der Waals surface area contributed by atoms with Crippen molar-refractivity contribution in [2.45, 2.75) is 44.0 Å². The van der Waals surface area contributed by atoms with Gasteiger partial charge in [-0.25, -0.2) is 0 Å². The van der Waals surface area contributed by atoms with E-state index in [1.807, 2.05) is 97.1 Å². The Morgan fingerprint density at radius 1 is 0.531 bits per heavy atom. The van der Waals surface area contributed by atoms with Crippen molar-refractivity contribution in [3.63, 3.8) is 0 Å². The summed E-state index contributed by atoms with van der Waals surface area (Å²) in [5.74, 6) is -0.317. The Morgan fingerprint density at radius 3 is 1.61 bits per heavy atom. The number of halogens is 3. The van der Waals surface area contributed by atoms with Gasteiger partial charge in [-0.05, 0) is 93.0 Å². The maximum atomic E-state index is 14.6. The molecule has 2 aliphatic rings. The number of benzene rings is 8. The molecule has 9 heteroatoms. The predicted octanol–water partition coefficient (Wildman–Crippen LogP) is 14.8. The van der Waals surface area contributed by atoms with Crippen LogP contribution >= 0.6 is 0 Å². The largest absolute Gasteiger partial charge is 0.534 e. The Hall–Kier alpha value is -7.10. The van der Waals surface area contributed by atoms with Crippen LogP contribution in [-0.4, -0.2) is 18.5 Å². The van der Waals surface area contributed by atoms with E-state index in [-0.39, 0.29) is 5.75 Å². The SMILES string of the molecule is CC1(C)c2ccccc2-c2c(OS(=O)(=O)C(F)(F)F)c3c(c(N(c4ccc(-c5ccccc5)cc4)c4ccc5c(c4)c4ccccc4n5-c4ccccc4)c21)C(C)(C)c1ccccc1-3. The molecule has 1 aromatic heterocycles. The van der Waals surface area contributed by atoms with Gasteiger partial charge in [-0.15, -0.1) is 0 Å². The van der Waals surface area contributed by atoms with Crippen molar-refractivity contribution in [1.29, 1.82) is 0 Å². The fourth-order valence-electron chi connectivity index (χ4n) is 10.5. The van der Waals surface area contributed by atoms with E-state index in [0.717, 1.165) is 66.8 Å². The lowest BCUT2D eigenvalue weighted by molar-refractivity contribution is -0.0499. The molecule has 0 saturated heterocycles. The minimum atomic E-state index is -6.12. The summed E-state index contributed by atoms with van der Waals surface area (Å²) in [4.78, 5) is 2.23. The van der Waals surface area contributed by atoms with Gasteiger partial charge in [-0.3, -0.25) is 0 Å². The van der Waals surface area contributed by atoms with Gasteiger partial charge < -0.3 is 13.7 Å². The number of aromatic nitrogens is 1. The molecule has 0 amide bonds. The second kappa shape index (κ2) is 13.9. The van der Waals surface area contributed by atoms with E-state index in [0.29, 0.717) is 33.4 Å². The predicted molar refractivity (Wildman–Crippen MR) is 252 cm³/mol. The van der Waals surface area contributed by atoms with Crippen LogP contribution in [0.25, 0.3) is 60.9 Å². The Balaban J connectivity index is 1.29. The van der Waals surface area contributed by atoms with Crippen molar-refractivity contribution in [3.8, 4) is 44.8 Å². The average Bonchev–Trinajstić information content (AvgIpc) is 3.85. The molecule has 0 N–H and O–H groups in total. The molecule has 0 aliphatic heterocycles. The maximum absolute atomic E-state index is 14.6. The van der Waals surface area contributed by atoms with Crippen LogP contribution in [0.3, 0.4) is 0 Å². The van der Waals surface area contributed by atoms with E-state index in [1.165, 1.54) is 0 Å². The lowest BCUT2D eigenvalue weighted by Crippen LogP contribution is -2.29. The molecule has 2 aliphatic carbocycles. The van der Waals surface area contributed by atoms with Gasteiger partial charge in [0.1, 0.15) is 0 Å². The molecule has 64 heavy (non-hydrogen) atoms. The second-order valence-electron chi connectivity index (χ2n) is 17.6. The summed E-state index contributed by atoms with van der Waals surface area (Å²) in [6.07, 6.45) is 0. The summed E-state index contributed by atoms with van der Waals surface area (Å²) < 4.78 is 78.2. The fourth-order valence-corrected chi connectivity index (χ4v) is 10.9. The minimum absolute atomic E-state index is 0.317. The molecule has 0 radical (unpaired) electrons. The van der Waals surface area contributed by atoms with E-state index < -0.39 is 26.5 Å². The van der Waals surface area contributed by atoms with Crippen molar-refractivity contribution in [2.75, 3.05) is 4.90 Å². The summed E-state index contributed by atoms with van der Waals surface area (Å²) in [6.45, 7) is 8.21. The molecule has 0 fully saturated rings. The summed E-state index contributed by atoms with van der Waals surface area (Å²) in [5, 5.41) is 2.07. The van der Waals surface area contributed by atoms with Crippen molar-refractivity contribution in [3.05, 3.63) is 198 Å². The van der Waals surface area contributed by atoms with Gasteiger partial charge in [-0.2, -0.15) is 21.6 Å². The molecule has 0 unspecified atom stereocenters. The number of rotatable bonds is 7. The number of nitrogens with zero attached hydrogens (tertiary/aromatic N) is 2. The normalized spacial score (nSPS) is 14.5. The highest BCUT2D eigenvalue weighted by Gasteiger charge is 2.53. The van der Waals surface area contributed by atoms with Crippen molar-refractivity contribution in [2.24, 2.45) is 0 Å². The fraction of sp³-hybridized carbons (Fsp3) is 0.127. The van der Waals surface area contributed by atoms with E-state index in [4.69, 9.17) is 4.18 Å². The molecule has 11 rings (SSSR count). The molecule has 0 atom stereocenters. The standard InChI is InChI=1S/C55H41F3N2O3S/c1-53(2)43-24-14-11-22-40(43)47-49(53)51(50-48(52(47)63-64(61,62)55(56,57)58)41-23-12-15-25-44(41)54(50,3)4)59(37-29-27-35(28-30-37)34-17-7-5-8-18-34)38-31-32-46-42(33-38)39-21-13-16-26-45(39)60(46)36-19-9-6-10-20-36/h5-33H,1-4H3. The number of hydrogen-bond acceptors (Lipinski definition) is 4. The van der Waals surface area contributed by atoms with Gasteiger partial charge >= 0.3 is 15.6 Å². The lowest BCUT2D eigenvalue weighted by atomic mass is 9.75. The molecule has 8 aromatic carbocycles. The van der Waals surface area contributed by atoms with Crippen molar-refractivity contribution in [1.82, 2.24) is 4.57 Å². The molecule has 9 aromatic rings. The van der Waals surface area contributed by atoms with Crippen LogP contribution in [0.5, 0.6) is 5.75 Å². The zero-order chi connectivity index (χ0) is 44.3. The molecule has 0 spiro atoms. The first kappa shape index (κ1) is 39.7. The third-order valence-corrected chi connectivity index (χ3v) is 14.2. The summed E-state index contributed by atoms with van der Waals surface area (Å²) in [6, 6.07) is 58.6. The smallest absolute Gasteiger partial charge is 0.375 e. The van der Waals surface area contributed by atoms with Crippen LogP contribution in [0.4, 0.5) is 30.2 Å². The second-order valence-corrected chi connectivity index (χ2v) is 19.2. The average molecular weight is 867 g/mol. The van der Waals surface area contributed by atoms with Crippen LogP contribution in [0.2, 0.25) is 0 Å². The highest BCUT2D eigenvalue weighted by Crippen LogP contribution is 2.67. The van der Waals surface area contributed by atoms with Gasteiger partial charge in [0.15, 0.2) is 5.75 Å². The summed E-state index contributed by atoms with van der Waals surface area (Å²) in [5.41, 5.74) is 5.04. The third-order valence-electron chi connectivity index (χ3n) is 13.3. The van der Waals surface area contributed by atoms with Crippen LogP contribution in [-0.2, 0) is 20.9 Å². The number of fused-ring (bicyclic) bond motifs is 9. The van der Waals surface area contributed by atoms with Crippen LogP contribution in [0.15, 0.2) is 176 Å². The monoisotopic (exact) mass is 866 g/mol. The van der Waals surface area contributed by atoms with Crippen molar-refractivity contribution < 1.29 is 25.8 Å². The van der Waals surface area contributed by atoms with Gasteiger partial charge in [0.25, 0.3) is 0 Å². The maximum Gasteiger partial charge on any atom is 0.534 e. The minimum Gasteiger partial charge on any atom is -0.375 e. The highest BCUT2D eigenvalue weighted by atomic mass is 32.2. The van der Waals surface area contributed by atoms with Crippen LogP contribution in [0, 0.1) is 0 Å². The molecular formula is C55H41F3N2O3S. The van der Waals surface area contributed by atoms with E-state index in [2.05, 4.69) is 116 Å². The van der Waals surface area contributed by atoms with Crippen molar-refractivity contribution >= 4 is 49.0 Å². The molecule has 0 bridgehead atoms. The number of hydrogen-bond donors (Lipinski definition) is 0.